The lowest BCUT2D eigenvalue weighted by Gasteiger charge is -2.04. The highest BCUT2D eigenvalue weighted by Crippen LogP contribution is 2.26. The number of nitrogens with one attached hydrogen (secondary N) is 2. The molecule has 0 atom stereocenters. The van der Waals surface area contributed by atoms with Crippen molar-refractivity contribution >= 4 is 16.7 Å². The predicted octanol–water partition coefficient (Wildman–Crippen LogP) is 2.03. The molecular weight excluding hydrogens is 226 g/mol. The maximum absolute atomic E-state index is 5.30. The Morgan fingerprint density at radius 2 is 2.28 bits per heavy atom. The molecule has 2 heterocycles. The molecular formula is C14H17N3O. The number of rotatable bonds is 3. The lowest BCUT2D eigenvalue weighted by Crippen LogP contribution is -2.20. The third-order valence-corrected chi connectivity index (χ3v) is 3.41. The van der Waals surface area contributed by atoms with E-state index in [1.165, 1.54) is 16.6 Å². The van der Waals surface area contributed by atoms with Crippen molar-refractivity contribution in [2.24, 2.45) is 4.99 Å². The van der Waals surface area contributed by atoms with Crippen molar-refractivity contribution in [2.45, 2.75) is 13.3 Å². The van der Waals surface area contributed by atoms with E-state index in [1.54, 1.807) is 7.11 Å². The number of H-pyrrole nitrogens is 1. The fourth-order valence-corrected chi connectivity index (χ4v) is 2.45. The van der Waals surface area contributed by atoms with E-state index >= 15 is 0 Å². The van der Waals surface area contributed by atoms with Crippen LogP contribution in [0.3, 0.4) is 0 Å². The molecule has 2 aromatic rings. The number of nitrogens with zero attached hydrogens (tertiary/aromatic N) is 1. The standard InChI is InChI=1S/C14H17N3O/c1-9-11(8-14-15-5-6-16-14)12-7-10(18-2)3-4-13(12)17-9/h3-4,7,17H,5-6,8H2,1-2H3,(H,15,16). The number of fused-ring (bicyclic) bond motifs is 1. The molecule has 0 saturated heterocycles. The Balaban J connectivity index is 2.05. The Kier molecular flexibility index (Phi) is 2.70. The van der Waals surface area contributed by atoms with Crippen LogP contribution in [0.15, 0.2) is 23.2 Å². The van der Waals surface area contributed by atoms with Crippen LogP contribution in [0.5, 0.6) is 5.75 Å². The van der Waals surface area contributed by atoms with Gasteiger partial charge in [0, 0.05) is 29.6 Å². The van der Waals surface area contributed by atoms with Crippen molar-refractivity contribution in [3.63, 3.8) is 0 Å². The number of benzene rings is 1. The molecule has 3 rings (SSSR count). The number of aryl methyl sites for hydroxylation is 1. The molecule has 0 fully saturated rings. The molecule has 0 spiro atoms. The summed E-state index contributed by atoms with van der Waals surface area (Å²) in [6.45, 7) is 3.96. The Morgan fingerprint density at radius 1 is 1.39 bits per heavy atom. The fraction of sp³-hybridized carbons (Fsp3) is 0.357. The highest BCUT2D eigenvalue weighted by Gasteiger charge is 2.13. The van der Waals surface area contributed by atoms with Crippen molar-refractivity contribution in [3.05, 3.63) is 29.5 Å². The van der Waals surface area contributed by atoms with Gasteiger partial charge in [-0.15, -0.1) is 0 Å². The average molecular weight is 243 g/mol. The molecule has 0 unspecified atom stereocenters. The lowest BCUT2D eigenvalue weighted by atomic mass is 10.1. The van der Waals surface area contributed by atoms with Gasteiger partial charge < -0.3 is 15.0 Å². The van der Waals surface area contributed by atoms with Crippen molar-refractivity contribution in [2.75, 3.05) is 20.2 Å². The molecule has 0 aliphatic carbocycles. The summed E-state index contributed by atoms with van der Waals surface area (Å²) in [5.41, 5.74) is 3.66. The second kappa shape index (κ2) is 4.37. The SMILES string of the molecule is COc1ccc2[nH]c(C)c(CC3=NCCN3)c2c1. The van der Waals surface area contributed by atoms with E-state index in [2.05, 4.69) is 34.3 Å². The summed E-state index contributed by atoms with van der Waals surface area (Å²) >= 11 is 0. The second-order valence-electron chi connectivity index (χ2n) is 4.57. The number of aliphatic imine (C=N–C) groups is 1. The molecule has 18 heavy (non-hydrogen) atoms. The van der Waals surface area contributed by atoms with Crippen LogP contribution in [-0.2, 0) is 6.42 Å². The van der Waals surface area contributed by atoms with Crippen LogP contribution in [0, 0.1) is 6.92 Å². The first-order valence-electron chi connectivity index (χ1n) is 6.20. The summed E-state index contributed by atoms with van der Waals surface area (Å²) in [5.74, 6) is 1.98. The lowest BCUT2D eigenvalue weighted by molar-refractivity contribution is 0.415. The summed E-state index contributed by atoms with van der Waals surface area (Å²) in [7, 11) is 1.70. The zero-order valence-corrected chi connectivity index (χ0v) is 10.7. The zero-order chi connectivity index (χ0) is 12.5. The molecule has 1 aliphatic rings. The van der Waals surface area contributed by atoms with Gasteiger partial charge in [0.05, 0.1) is 13.7 Å². The predicted molar refractivity (Wildman–Crippen MR) is 73.6 cm³/mol. The number of aromatic amines is 1. The largest absolute Gasteiger partial charge is 0.497 e. The van der Waals surface area contributed by atoms with Crippen molar-refractivity contribution < 1.29 is 4.74 Å². The van der Waals surface area contributed by atoms with Crippen LogP contribution in [0.1, 0.15) is 11.3 Å². The van der Waals surface area contributed by atoms with Gasteiger partial charge in [-0.3, -0.25) is 4.99 Å². The van der Waals surface area contributed by atoms with Crippen molar-refractivity contribution in [3.8, 4) is 5.75 Å². The van der Waals surface area contributed by atoms with Gasteiger partial charge in [0.15, 0.2) is 0 Å². The topological polar surface area (TPSA) is 49.4 Å². The zero-order valence-electron chi connectivity index (χ0n) is 10.7. The minimum absolute atomic E-state index is 0.860. The summed E-state index contributed by atoms with van der Waals surface area (Å²) in [5, 5.41) is 4.55. The van der Waals surface area contributed by atoms with E-state index in [-0.39, 0.29) is 0 Å². The van der Waals surface area contributed by atoms with Gasteiger partial charge in [0.25, 0.3) is 0 Å². The van der Waals surface area contributed by atoms with Crippen molar-refractivity contribution in [1.82, 2.24) is 10.3 Å². The van der Waals surface area contributed by atoms with E-state index in [1.807, 2.05) is 6.07 Å². The van der Waals surface area contributed by atoms with Gasteiger partial charge >= 0.3 is 0 Å². The highest BCUT2D eigenvalue weighted by atomic mass is 16.5. The van der Waals surface area contributed by atoms with Crippen LogP contribution in [0.4, 0.5) is 0 Å². The van der Waals surface area contributed by atoms with E-state index in [0.29, 0.717) is 0 Å². The molecule has 1 aromatic heterocycles. The highest BCUT2D eigenvalue weighted by molar-refractivity contribution is 5.93. The van der Waals surface area contributed by atoms with Gasteiger partial charge in [0.2, 0.25) is 0 Å². The normalized spacial score (nSPS) is 14.7. The first kappa shape index (κ1) is 11.1. The quantitative estimate of drug-likeness (QED) is 0.866. The van der Waals surface area contributed by atoms with E-state index in [0.717, 1.165) is 36.6 Å². The molecule has 2 N–H and O–H groups in total. The molecule has 0 radical (unpaired) electrons. The van der Waals surface area contributed by atoms with Crippen molar-refractivity contribution in [1.29, 1.82) is 0 Å². The second-order valence-corrected chi connectivity index (χ2v) is 4.57. The summed E-state index contributed by atoms with van der Waals surface area (Å²) in [6.07, 6.45) is 0.860. The molecule has 4 nitrogen and oxygen atoms in total. The van der Waals surface area contributed by atoms with Crippen LogP contribution >= 0.6 is 0 Å². The number of hydrogen-bond donors (Lipinski definition) is 2. The van der Waals surface area contributed by atoms with Gasteiger partial charge in [-0.05, 0) is 30.7 Å². The fourth-order valence-electron chi connectivity index (χ4n) is 2.45. The third-order valence-electron chi connectivity index (χ3n) is 3.41. The molecule has 4 heteroatoms. The molecule has 1 aliphatic heterocycles. The first-order valence-corrected chi connectivity index (χ1v) is 6.20. The van der Waals surface area contributed by atoms with E-state index < -0.39 is 0 Å². The third kappa shape index (κ3) is 1.83. The molecule has 1 aromatic carbocycles. The Hall–Kier alpha value is -1.97. The van der Waals surface area contributed by atoms with Crippen LogP contribution < -0.4 is 10.1 Å². The average Bonchev–Trinajstić information content (AvgIpc) is 2.99. The smallest absolute Gasteiger partial charge is 0.119 e. The van der Waals surface area contributed by atoms with Gasteiger partial charge in [-0.1, -0.05) is 0 Å². The molecule has 0 bridgehead atoms. The number of amidine groups is 1. The van der Waals surface area contributed by atoms with Gasteiger partial charge in [0.1, 0.15) is 11.6 Å². The molecule has 0 saturated carbocycles. The Labute approximate surface area is 106 Å². The summed E-state index contributed by atoms with van der Waals surface area (Å²) < 4.78 is 5.30. The number of methoxy groups -OCH3 is 1. The summed E-state index contributed by atoms with van der Waals surface area (Å²) in [4.78, 5) is 7.88. The van der Waals surface area contributed by atoms with Crippen LogP contribution in [-0.4, -0.2) is 31.0 Å². The Morgan fingerprint density at radius 3 is 3.00 bits per heavy atom. The van der Waals surface area contributed by atoms with E-state index in [9.17, 15) is 0 Å². The Bertz CT molecular complexity index is 613. The van der Waals surface area contributed by atoms with E-state index in [4.69, 9.17) is 4.74 Å². The maximum Gasteiger partial charge on any atom is 0.119 e. The van der Waals surface area contributed by atoms with Crippen LogP contribution in [0.2, 0.25) is 0 Å². The summed E-state index contributed by atoms with van der Waals surface area (Å²) in [6, 6.07) is 6.13. The first-order chi connectivity index (χ1) is 8.78. The van der Waals surface area contributed by atoms with Crippen LogP contribution in [0.25, 0.3) is 10.9 Å². The number of aromatic nitrogens is 1. The maximum atomic E-state index is 5.30. The minimum Gasteiger partial charge on any atom is -0.497 e. The van der Waals surface area contributed by atoms with Gasteiger partial charge in [-0.25, -0.2) is 0 Å². The molecule has 94 valence electrons. The number of ether oxygens (including phenoxy) is 1. The van der Waals surface area contributed by atoms with Gasteiger partial charge in [-0.2, -0.15) is 0 Å². The molecule has 0 amide bonds. The number of hydrogen-bond acceptors (Lipinski definition) is 3. The minimum atomic E-state index is 0.860. The monoisotopic (exact) mass is 243 g/mol.